The molecular weight excluding hydrogens is 368 g/mol. The van der Waals surface area contributed by atoms with Crippen molar-refractivity contribution in [3.8, 4) is 0 Å². The van der Waals surface area contributed by atoms with Crippen LogP contribution in [0.25, 0.3) is 0 Å². The first-order valence-electron chi connectivity index (χ1n) is 7.95. The van der Waals surface area contributed by atoms with Crippen LogP contribution in [0.3, 0.4) is 0 Å². The molecule has 0 fully saturated rings. The zero-order valence-electron chi connectivity index (χ0n) is 14.4. The third kappa shape index (κ3) is 3.43. The number of aryl methyl sites for hydroxylation is 2. The van der Waals surface area contributed by atoms with Gasteiger partial charge in [-0.15, -0.1) is 0 Å². The Morgan fingerprint density at radius 1 is 0.500 bits per heavy atom. The summed E-state index contributed by atoms with van der Waals surface area (Å²) in [5.74, 6) is 0. The van der Waals surface area contributed by atoms with Gasteiger partial charge in [-0.05, 0) is 56.3 Å². The molecule has 0 amide bonds. The Bertz CT molecular complexity index is 1050. The molecule has 0 radical (unpaired) electrons. The predicted molar refractivity (Wildman–Crippen MR) is 99.7 cm³/mol. The van der Waals surface area contributed by atoms with Gasteiger partial charge in [0, 0.05) is 0 Å². The Labute approximate surface area is 154 Å². The highest BCUT2D eigenvalue weighted by Crippen LogP contribution is 2.26. The molecule has 0 atom stereocenters. The molecule has 26 heavy (non-hydrogen) atoms. The van der Waals surface area contributed by atoms with Crippen LogP contribution in [0.4, 0.5) is 0 Å². The molecule has 0 aliphatic heterocycles. The van der Waals surface area contributed by atoms with E-state index in [1.165, 1.54) is 48.5 Å². The highest BCUT2D eigenvalue weighted by molar-refractivity contribution is 7.92. The van der Waals surface area contributed by atoms with Gasteiger partial charge in [0.05, 0.1) is 19.6 Å². The highest BCUT2D eigenvalue weighted by atomic mass is 32.2. The van der Waals surface area contributed by atoms with Crippen LogP contribution < -0.4 is 0 Å². The second-order valence-corrected chi connectivity index (χ2v) is 10.0. The molecule has 0 saturated carbocycles. The minimum atomic E-state index is -3.79. The molecule has 3 aromatic carbocycles. The fraction of sp³-hybridized carbons (Fsp3) is 0.100. The summed E-state index contributed by atoms with van der Waals surface area (Å²) in [5, 5.41) is 0. The Morgan fingerprint density at radius 2 is 0.846 bits per heavy atom. The maximum absolute atomic E-state index is 12.8. The molecule has 0 heterocycles. The van der Waals surface area contributed by atoms with E-state index in [0.717, 1.165) is 11.1 Å². The summed E-state index contributed by atoms with van der Waals surface area (Å²) >= 11 is 0. The lowest BCUT2D eigenvalue weighted by Gasteiger charge is -2.09. The van der Waals surface area contributed by atoms with Crippen molar-refractivity contribution >= 4 is 19.7 Å². The number of sulfone groups is 2. The normalized spacial score (nSPS) is 12.1. The van der Waals surface area contributed by atoms with Crippen LogP contribution in [0.1, 0.15) is 11.1 Å². The van der Waals surface area contributed by atoms with Crippen molar-refractivity contribution in [3.05, 3.63) is 83.9 Å². The first-order chi connectivity index (χ1) is 12.2. The third-order valence-electron chi connectivity index (χ3n) is 4.09. The molecule has 0 saturated heterocycles. The molecule has 0 aliphatic rings. The third-order valence-corrected chi connectivity index (χ3v) is 7.62. The largest absolute Gasteiger partial charge is 0.219 e. The van der Waals surface area contributed by atoms with Crippen LogP contribution in [-0.4, -0.2) is 16.8 Å². The summed E-state index contributed by atoms with van der Waals surface area (Å²) in [6.45, 7) is 3.73. The van der Waals surface area contributed by atoms with Gasteiger partial charge in [-0.25, -0.2) is 16.8 Å². The Morgan fingerprint density at radius 3 is 1.19 bits per heavy atom. The molecule has 0 bridgehead atoms. The van der Waals surface area contributed by atoms with Crippen LogP contribution >= 0.6 is 0 Å². The summed E-state index contributed by atoms with van der Waals surface area (Å²) in [5.41, 5.74) is 1.89. The summed E-state index contributed by atoms with van der Waals surface area (Å²) in [6, 6.07) is 18.4. The van der Waals surface area contributed by atoms with E-state index < -0.39 is 19.7 Å². The van der Waals surface area contributed by atoms with Gasteiger partial charge in [-0.3, -0.25) is 0 Å². The molecule has 0 unspecified atom stereocenters. The monoisotopic (exact) mass is 386 g/mol. The van der Waals surface area contributed by atoms with Gasteiger partial charge in [-0.1, -0.05) is 41.5 Å². The van der Waals surface area contributed by atoms with Crippen LogP contribution in [0.5, 0.6) is 0 Å². The Balaban J connectivity index is 2.08. The van der Waals surface area contributed by atoms with Gasteiger partial charge in [0.1, 0.15) is 0 Å². The molecule has 134 valence electrons. The molecule has 3 aromatic rings. The fourth-order valence-electron chi connectivity index (χ4n) is 2.52. The molecule has 4 nitrogen and oxygen atoms in total. The lowest BCUT2D eigenvalue weighted by atomic mass is 10.2. The molecule has 0 spiro atoms. The van der Waals surface area contributed by atoms with Crippen LogP contribution in [-0.2, 0) is 19.7 Å². The SMILES string of the molecule is Cc1ccc(S(=O)(=O)c2cccc(S(=O)(=O)c3ccc(C)cc3)c2)cc1. The van der Waals surface area contributed by atoms with E-state index in [2.05, 4.69) is 0 Å². The van der Waals surface area contributed by atoms with E-state index in [4.69, 9.17) is 0 Å². The maximum atomic E-state index is 12.8. The zero-order valence-corrected chi connectivity index (χ0v) is 16.0. The fourth-order valence-corrected chi connectivity index (χ4v) is 5.20. The highest BCUT2D eigenvalue weighted by Gasteiger charge is 2.22. The molecule has 0 aromatic heterocycles. The van der Waals surface area contributed by atoms with E-state index in [0.29, 0.717) is 0 Å². The van der Waals surface area contributed by atoms with Gasteiger partial charge in [0.15, 0.2) is 0 Å². The first kappa shape index (κ1) is 18.4. The zero-order chi connectivity index (χ0) is 18.9. The summed E-state index contributed by atoms with van der Waals surface area (Å²) in [6.07, 6.45) is 0. The topological polar surface area (TPSA) is 68.3 Å². The van der Waals surface area contributed by atoms with E-state index in [-0.39, 0.29) is 19.6 Å². The number of rotatable bonds is 4. The van der Waals surface area contributed by atoms with Gasteiger partial charge in [0.2, 0.25) is 19.7 Å². The molecule has 0 aliphatic carbocycles. The minimum absolute atomic E-state index is 0.0467. The summed E-state index contributed by atoms with van der Waals surface area (Å²) in [4.78, 5) is 0.171. The van der Waals surface area contributed by atoms with Gasteiger partial charge < -0.3 is 0 Å². The van der Waals surface area contributed by atoms with E-state index >= 15 is 0 Å². The minimum Gasteiger partial charge on any atom is -0.219 e. The first-order valence-corrected chi connectivity index (χ1v) is 10.9. The molecular formula is C20H18O4S2. The molecule has 6 heteroatoms. The number of hydrogen-bond acceptors (Lipinski definition) is 4. The van der Waals surface area contributed by atoms with E-state index in [1.807, 2.05) is 13.8 Å². The number of hydrogen-bond donors (Lipinski definition) is 0. The van der Waals surface area contributed by atoms with Crippen LogP contribution in [0, 0.1) is 13.8 Å². The lowest BCUT2D eigenvalue weighted by molar-refractivity contribution is 0.594. The van der Waals surface area contributed by atoms with E-state index in [1.54, 1.807) is 24.3 Å². The second kappa shape index (κ2) is 6.70. The number of benzene rings is 3. The van der Waals surface area contributed by atoms with Gasteiger partial charge in [0.25, 0.3) is 0 Å². The van der Waals surface area contributed by atoms with Gasteiger partial charge >= 0.3 is 0 Å². The van der Waals surface area contributed by atoms with Crippen molar-refractivity contribution in [2.75, 3.05) is 0 Å². The maximum Gasteiger partial charge on any atom is 0.206 e. The predicted octanol–water partition coefficient (Wildman–Crippen LogP) is 3.97. The van der Waals surface area contributed by atoms with Crippen LogP contribution in [0.2, 0.25) is 0 Å². The molecule has 3 rings (SSSR count). The van der Waals surface area contributed by atoms with Gasteiger partial charge in [-0.2, -0.15) is 0 Å². The van der Waals surface area contributed by atoms with Crippen molar-refractivity contribution in [3.63, 3.8) is 0 Å². The van der Waals surface area contributed by atoms with Crippen molar-refractivity contribution in [2.45, 2.75) is 33.4 Å². The van der Waals surface area contributed by atoms with Crippen molar-refractivity contribution < 1.29 is 16.8 Å². The Hall–Kier alpha value is -2.44. The van der Waals surface area contributed by atoms with Crippen molar-refractivity contribution in [1.29, 1.82) is 0 Å². The quantitative estimate of drug-likeness (QED) is 0.680. The second-order valence-electron chi connectivity index (χ2n) is 6.11. The van der Waals surface area contributed by atoms with Crippen molar-refractivity contribution in [2.24, 2.45) is 0 Å². The molecule has 0 N–H and O–H groups in total. The smallest absolute Gasteiger partial charge is 0.206 e. The lowest BCUT2D eigenvalue weighted by Crippen LogP contribution is -2.06. The van der Waals surface area contributed by atoms with Crippen LogP contribution in [0.15, 0.2) is 92.4 Å². The summed E-state index contributed by atoms with van der Waals surface area (Å²) < 4.78 is 51.2. The standard InChI is InChI=1S/C20H18O4S2/c1-15-6-10-17(11-7-15)25(21,22)19-4-3-5-20(14-19)26(23,24)18-12-8-16(2)9-13-18/h3-14H,1-2H3. The summed E-state index contributed by atoms with van der Waals surface area (Å²) in [7, 11) is -7.58. The average molecular weight is 386 g/mol. The Kier molecular flexibility index (Phi) is 4.73. The average Bonchev–Trinajstić information content (AvgIpc) is 2.62. The van der Waals surface area contributed by atoms with E-state index in [9.17, 15) is 16.8 Å². The van der Waals surface area contributed by atoms with Crippen molar-refractivity contribution in [1.82, 2.24) is 0 Å².